The standard InChI is InChI=1S/C19H14N4O4S/c24-15-7-5-12(6-8-15)16-11-28-19(20-16)22-18(25)10-14(21-22)9-13-3-1-2-4-17(13)23(26)27/h1-8,10-11,21,24H,9H2. The summed E-state index contributed by atoms with van der Waals surface area (Å²) in [4.78, 5) is 27.6. The van der Waals surface area contributed by atoms with E-state index in [-0.39, 0.29) is 23.4 Å². The van der Waals surface area contributed by atoms with Crippen LogP contribution < -0.4 is 5.56 Å². The zero-order valence-corrected chi connectivity index (χ0v) is 15.2. The van der Waals surface area contributed by atoms with Crippen LogP contribution in [0.2, 0.25) is 0 Å². The van der Waals surface area contributed by atoms with Crippen LogP contribution in [-0.2, 0) is 6.42 Å². The van der Waals surface area contributed by atoms with Gasteiger partial charge in [0.15, 0.2) is 0 Å². The number of nitrogens with one attached hydrogen (secondary N) is 1. The van der Waals surface area contributed by atoms with E-state index < -0.39 is 4.92 Å². The van der Waals surface area contributed by atoms with Crippen LogP contribution in [0.15, 0.2) is 64.8 Å². The summed E-state index contributed by atoms with van der Waals surface area (Å²) in [7, 11) is 0. The predicted molar refractivity (Wildman–Crippen MR) is 105 cm³/mol. The topological polar surface area (TPSA) is 114 Å². The van der Waals surface area contributed by atoms with Gasteiger partial charge in [-0.15, -0.1) is 11.3 Å². The van der Waals surface area contributed by atoms with Crippen molar-refractivity contribution in [2.24, 2.45) is 0 Å². The first-order valence-corrected chi connectivity index (χ1v) is 9.18. The second-order valence-corrected chi connectivity index (χ2v) is 6.92. The maximum Gasteiger partial charge on any atom is 0.273 e. The molecule has 2 heterocycles. The van der Waals surface area contributed by atoms with E-state index in [0.717, 1.165) is 5.56 Å². The summed E-state index contributed by atoms with van der Waals surface area (Å²) in [5.41, 5.74) is 2.30. The van der Waals surface area contributed by atoms with E-state index in [4.69, 9.17) is 0 Å². The lowest BCUT2D eigenvalue weighted by molar-refractivity contribution is -0.385. The molecule has 140 valence electrons. The number of nitrogens with zero attached hydrogens (tertiary/aromatic N) is 3. The third kappa shape index (κ3) is 3.42. The fraction of sp³-hybridized carbons (Fsp3) is 0.0526. The fourth-order valence-corrected chi connectivity index (χ4v) is 3.65. The Kier molecular flexibility index (Phi) is 4.50. The average Bonchev–Trinajstić information content (AvgIpc) is 3.29. The molecule has 0 saturated heterocycles. The SMILES string of the molecule is O=c1cc(Cc2ccccc2[N+](=O)[O-])[nH]n1-c1nc(-c2ccc(O)cc2)cs1. The number of phenolic OH excluding ortho intramolecular Hbond substituents is 1. The number of hydrogen-bond acceptors (Lipinski definition) is 6. The molecule has 4 aromatic rings. The molecule has 9 heteroatoms. The van der Waals surface area contributed by atoms with Gasteiger partial charge in [-0.3, -0.25) is 20.0 Å². The molecule has 2 aromatic heterocycles. The lowest BCUT2D eigenvalue weighted by Crippen LogP contribution is -2.13. The van der Waals surface area contributed by atoms with Crippen LogP contribution in [0, 0.1) is 10.1 Å². The average molecular weight is 394 g/mol. The lowest BCUT2D eigenvalue weighted by atomic mass is 10.1. The normalized spacial score (nSPS) is 10.9. The summed E-state index contributed by atoms with van der Waals surface area (Å²) in [5.74, 6) is 0.166. The smallest absolute Gasteiger partial charge is 0.273 e. The molecule has 2 aromatic carbocycles. The monoisotopic (exact) mass is 394 g/mol. The fourth-order valence-electron chi connectivity index (χ4n) is 2.85. The summed E-state index contributed by atoms with van der Waals surface area (Å²) in [6.45, 7) is 0. The van der Waals surface area contributed by atoms with E-state index in [1.165, 1.54) is 28.2 Å². The van der Waals surface area contributed by atoms with Gasteiger partial charge in [-0.25, -0.2) is 4.98 Å². The highest BCUT2D eigenvalue weighted by atomic mass is 32.1. The Morgan fingerprint density at radius 1 is 1.18 bits per heavy atom. The van der Waals surface area contributed by atoms with Crippen LogP contribution >= 0.6 is 11.3 Å². The predicted octanol–water partition coefficient (Wildman–Crippen LogP) is 3.49. The number of para-hydroxylation sites is 1. The van der Waals surface area contributed by atoms with Gasteiger partial charge in [0, 0.05) is 40.8 Å². The van der Waals surface area contributed by atoms with Crippen LogP contribution in [-0.4, -0.2) is 24.8 Å². The molecule has 4 rings (SSSR count). The number of aromatic hydroxyl groups is 1. The maximum atomic E-state index is 12.4. The Labute approximate surface area is 162 Å². The van der Waals surface area contributed by atoms with Gasteiger partial charge in [0.2, 0.25) is 5.13 Å². The maximum absolute atomic E-state index is 12.4. The van der Waals surface area contributed by atoms with Crippen LogP contribution in [0.3, 0.4) is 0 Å². The van der Waals surface area contributed by atoms with Crippen molar-refractivity contribution in [3.63, 3.8) is 0 Å². The number of benzene rings is 2. The van der Waals surface area contributed by atoms with Crippen molar-refractivity contribution in [1.82, 2.24) is 14.8 Å². The first kappa shape index (κ1) is 17.7. The van der Waals surface area contributed by atoms with Gasteiger partial charge >= 0.3 is 0 Å². The Morgan fingerprint density at radius 2 is 1.93 bits per heavy atom. The number of nitro groups is 1. The quantitative estimate of drug-likeness (QED) is 0.397. The van der Waals surface area contributed by atoms with Gasteiger partial charge in [0.25, 0.3) is 11.2 Å². The number of hydrogen-bond donors (Lipinski definition) is 2. The minimum absolute atomic E-state index is 0.0139. The molecule has 0 aliphatic heterocycles. The highest BCUT2D eigenvalue weighted by Crippen LogP contribution is 2.25. The van der Waals surface area contributed by atoms with Crippen LogP contribution in [0.5, 0.6) is 5.75 Å². The lowest BCUT2D eigenvalue weighted by Gasteiger charge is -2.01. The summed E-state index contributed by atoms with van der Waals surface area (Å²) >= 11 is 1.29. The molecule has 0 atom stereocenters. The van der Waals surface area contributed by atoms with Crippen molar-refractivity contribution in [1.29, 1.82) is 0 Å². The highest BCUT2D eigenvalue weighted by Gasteiger charge is 2.16. The molecule has 0 saturated carbocycles. The van der Waals surface area contributed by atoms with Crippen molar-refractivity contribution in [2.75, 3.05) is 0 Å². The second kappa shape index (κ2) is 7.12. The molecule has 0 fully saturated rings. The second-order valence-electron chi connectivity index (χ2n) is 6.08. The highest BCUT2D eigenvalue weighted by molar-refractivity contribution is 7.12. The number of rotatable bonds is 5. The van der Waals surface area contributed by atoms with Crippen molar-refractivity contribution in [3.05, 3.63) is 91.7 Å². The molecule has 0 aliphatic rings. The molecule has 8 nitrogen and oxygen atoms in total. The molecule has 28 heavy (non-hydrogen) atoms. The number of H-pyrrole nitrogens is 1. The Balaban J connectivity index is 1.63. The third-order valence-electron chi connectivity index (χ3n) is 4.19. The minimum Gasteiger partial charge on any atom is -0.508 e. The molecular formula is C19H14N4O4S. The number of aromatic amines is 1. The van der Waals surface area contributed by atoms with Gasteiger partial charge < -0.3 is 5.11 Å². The first-order valence-electron chi connectivity index (χ1n) is 8.30. The van der Waals surface area contributed by atoms with Crippen molar-refractivity contribution in [3.8, 4) is 22.1 Å². The summed E-state index contributed by atoms with van der Waals surface area (Å²) in [6, 6.07) is 14.5. The van der Waals surface area contributed by atoms with E-state index in [1.54, 1.807) is 42.5 Å². The van der Waals surface area contributed by atoms with Crippen molar-refractivity contribution < 1.29 is 10.0 Å². The molecular weight excluding hydrogens is 380 g/mol. The molecule has 0 amide bonds. The van der Waals surface area contributed by atoms with Gasteiger partial charge in [0.05, 0.1) is 10.6 Å². The largest absolute Gasteiger partial charge is 0.508 e. The van der Waals surface area contributed by atoms with Crippen LogP contribution in [0.4, 0.5) is 5.69 Å². The Bertz CT molecular complexity index is 1210. The van der Waals surface area contributed by atoms with Crippen molar-refractivity contribution in [2.45, 2.75) is 6.42 Å². The number of thiazole rings is 1. The van der Waals surface area contributed by atoms with E-state index in [0.29, 0.717) is 22.1 Å². The molecule has 0 unspecified atom stereocenters. The third-order valence-corrected chi connectivity index (χ3v) is 5.01. The molecule has 2 N–H and O–H groups in total. The molecule has 0 spiro atoms. The van der Waals surface area contributed by atoms with Gasteiger partial charge in [-0.1, -0.05) is 18.2 Å². The van der Waals surface area contributed by atoms with E-state index in [2.05, 4.69) is 10.1 Å². The van der Waals surface area contributed by atoms with Crippen LogP contribution in [0.25, 0.3) is 16.4 Å². The molecule has 0 aliphatic carbocycles. The Hall–Kier alpha value is -3.72. The van der Waals surface area contributed by atoms with E-state index in [9.17, 15) is 20.0 Å². The van der Waals surface area contributed by atoms with Crippen LogP contribution in [0.1, 0.15) is 11.3 Å². The number of nitro benzene ring substituents is 1. The zero-order chi connectivity index (χ0) is 19.7. The van der Waals surface area contributed by atoms with Crippen molar-refractivity contribution >= 4 is 17.0 Å². The van der Waals surface area contributed by atoms with Gasteiger partial charge in [-0.05, 0) is 24.3 Å². The summed E-state index contributed by atoms with van der Waals surface area (Å²) < 4.78 is 1.32. The summed E-state index contributed by atoms with van der Waals surface area (Å²) in [5, 5.41) is 25.8. The molecule has 0 radical (unpaired) electrons. The van der Waals surface area contributed by atoms with Gasteiger partial charge in [0.1, 0.15) is 5.75 Å². The first-order chi connectivity index (χ1) is 13.5. The van der Waals surface area contributed by atoms with Gasteiger partial charge in [-0.2, -0.15) is 4.68 Å². The van der Waals surface area contributed by atoms with E-state index >= 15 is 0 Å². The number of aromatic nitrogens is 3. The van der Waals surface area contributed by atoms with E-state index in [1.807, 2.05) is 5.38 Å². The zero-order valence-electron chi connectivity index (χ0n) is 14.4. The minimum atomic E-state index is -0.435. The Morgan fingerprint density at radius 3 is 2.68 bits per heavy atom. The molecule has 0 bridgehead atoms. The summed E-state index contributed by atoms with van der Waals surface area (Å²) in [6.07, 6.45) is 0.232. The number of phenols is 1.